The van der Waals surface area contributed by atoms with Crippen LogP contribution in [0.5, 0.6) is 0 Å². The lowest BCUT2D eigenvalue weighted by molar-refractivity contribution is 0.0699. The van der Waals surface area contributed by atoms with Gasteiger partial charge >= 0.3 is 0 Å². The number of carbonyl (C=O) groups excluding carboxylic acids is 1. The quantitative estimate of drug-likeness (QED) is 0.384. The summed E-state index contributed by atoms with van der Waals surface area (Å²) in [5.41, 5.74) is 5.20. The van der Waals surface area contributed by atoms with E-state index in [1.165, 1.54) is 12.1 Å². The molecule has 6 nitrogen and oxygen atoms in total. The highest BCUT2D eigenvalue weighted by Gasteiger charge is 2.32. The lowest BCUT2D eigenvalue weighted by Gasteiger charge is -2.30. The first-order valence-electron chi connectivity index (χ1n) is 12.2. The molecule has 0 saturated carbocycles. The topological polar surface area (TPSA) is 64.2 Å². The molecule has 6 rings (SSSR count). The van der Waals surface area contributed by atoms with Gasteiger partial charge in [-0.05, 0) is 74.9 Å². The average molecular weight is 459 g/mol. The second-order valence-electron chi connectivity index (χ2n) is 9.31. The lowest BCUT2D eigenvalue weighted by atomic mass is 9.96. The van der Waals surface area contributed by atoms with Gasteiger partial charge in [-0.15, -0.1) is 0 Å². The van der Waals surface area contributed by atoms with Gasteiger partial charge in [-0.3, -0.25) is 4.79 Å². The SMILES string of the molecule is O=C(c1nn(-c2ccc(F)cc2)c2c1CCCCC2)N1CCC(c2nc3ccccc3o2)CC1. The number of fused-ring (bicyclic) bond motifs is 2. The third kappa shape index (κ3) is 3.79. The highest BCUT2D eigenvalue weighted by atomic mass is 19.1. The second kappa shape index (κ2) is 8.70. The van der Waals surface area contributed by atoms with E-state index in [4.69, 9.17) is 9.52 Å². The van der Waals surface area contributed by atoms with E-state index in [1.54, 1.807) is 12.1 Å². The van der Waals surface area contributed by atoms with Crippen molar-refractivity contribution in [1.82, 2.24) is 19.7 Å². The van der Waals surface area contributed by atoms with Gasteiger partial charge in [0.2, 0.25) is 0 Å². The first-order valence-corrected chi connectivity index (χ1v) is 12.2. The molecule has 0 unspecified atom stereocenters. The number of hydrogen-bond donors (Lipinski definition) is 0. The van der Waals surface area contributed by atoms with Gasteiger partial charge in [0.15, 0.2) is 17.2 Å². The highest BCUT2D eigenvalue weighted by molar-refractivity contribution is 5.94. The Balaban J connectivity index is 1.24. The third-order valence-corrected chi connectivity index (χ3v) is 7.15. The molecule has 0 spiro atoms. The number of likely N-dealkylation sites (tertiary alicyclic amines) is 1. The number of rotatable bonds is 3. The molecular weight excluding hydrogens is 431 g/mol. The van der Waals surface area contributed by atoms with Gasteiger partial charge in [0.25, 0.3) is 5.91 Å². The Morgan fingerprint density at radius 3 is 2.53 bits per heavy atom. The normalized spacial score (nSPS) is 17.0. The number of halogens is 1. The third-order valence-electron chi connectivity index (χ3n) is 7.15. The van der Waals surface area contributed by atoms with Crippen molar-refractivity contribution >= 4 is 17.0 Å². The molecule has 1 fully saturated rings. The highest BCUT2D eigenvalue weighted by Crippen LogP contribution is 2.32. The number of carbonyl (C=O) groups is 1. The molecule has 2 aromatic heterocycles. The first kappa shape index (κ1) is 21.1. The van der Waals surface area contributed by atoms with Crippen molar-refractivity contribution in [3.05, 3.63) is 77.2 Å². The molecule has 0 N–H and O–H groups in total. The minimum atomic E-state index is -0.278. The molecule has 0 radical (unpaired) electrons. The van der Waals surface area contributed by atoms with E-state index in [0.717, 1.165) is 78.9 Å². The summed E-state index contributed by atoms with van der Waals surface area (Å²) in [4.78, 5) is 20.2. The summed E-state index contributed by atoms with van der Waals surface area (Å²) < 4.78 is 21.3. The van der Waals surface area contributed by atoms with Crippen LogP contribution in [0.1, 0.15) is 65.7 Å². The molecule has 0 bridgehead atoms. The monoisotopic (exact) mass is 458 g/mol. The van der Waals surface area contributed by atoms with E-state index in [1.807, 2.05) is 33.8 Å². The van der Waals surface area contributed by atoms with Crippen molar-refractivity contribution in [2.24, 2.45) is 0 Å². The summed E-state index contributed by atoms with van der Waals surface area (Å²) in [6.07, 6.45) is 6.65. The Labute approximate surface area is 197 Å². The number of para-hydroxylation sites is 2. The molecule has 34 heavy (non-hydrogen) atoms. The Hall–Kier alpha value is -3.48. The van der Waals surface area contributed by atoms with Crippen LogP contribution in [-0.4, -0.2) is 38.7 Å². The summed E-state index contributed by atoms with van der Waals surface area (Å²) in [5.74, 6) is 0.697. The maximum absolute atomic E-state index is 13.6. The molecule has 1 saturated heterocycles. The van der Waals surface area contributed by atoms with Gasteiger partial charge in [-0.2, -0.15) is 5.10 Å². The summed E-state index contributed by atoms with van der Waals surface area (Å²) in [5, 5.41) is 4.79. The molecule has 2 aromatic carbocycles. The number of nitrogens with zero attached hydrogens (tertiary/aromatic N) is 4. The molecule has 0 atom stereocenters. The molecule has 1 aliphatic carbocycles. The van der Waals surface area contributed by atoms with E-state index in [0.29, 0.717) is 18.8 Å². The van der Waals surface area contributed by atoms with Crippen molar-refractivity contribution in [1.29, 1.82) is 0 Å². The number of hydrogen-bond acceptors (Lipinski definition) is 4. The van der Waals surface area contributed by atoms with Crippen LogP contribution in [0.3, 0.4) is 0 Å². The molecule has 2 aliphatic rings. The predicted octanol–water partition coefficient (Wildman–Crippen LogP) is 5.44. The van der Waals surface area contributed by atoms with Crippen LogP contribution < -0.4 is 0 Å². The number of amides is 1. The van der Waals surface area contributed by atoms with E-state index in [-0.39, 0.29) is 17.6 Å². The van der Waals surface area contributed by atoms with Crippen LogP contribution in [0.15, 0.2) is 52.9 Å². The van der Waals surface area contributed by atoms with Gasteiger partial charge < -0.3 is 9.32 Å². The molecule has 1 amide bonds. The zero-order chi connectivity index (χ0) is 23.1. The van der Waals surface area contributed by atoms with Crippen molar-refractivity contribution in [2.45, 2.75) is 50.9 Å². The summed E-state index contributed by atoms with van der Waals surface area (Å²) >= 11 is 0. The maximum Gasteiger partial charge on any atom is 0.274 e. The maximum atomic E-state index is 13.6. The predicted molar refractivity (Wildman–Crippen MR) is 127 cm³/mol. The zero-order valence-corrected chi connectivity index (χ0v) is 19.0. The molecule has 3 heterocycles. The smallest absolute Gasteiger partial charge is 0.274 e. The van der Waals surface area contributed by atoms with Crippen LogP contribution in [0, 0.1) is 5.82 Å². The van der Waals surface area contributed by atoms with Crippen molar-refractivity contribution in [2.75, 3.05) is 13.1 Å². The van der Waals surface area contributed by atoms with Crippen molar-refractivity contribution < 1.29 is 13.6 Å². The van der Waals surface area contributed by atoms with Gasteiger partial charge in [0.05, 0.1) is 5.69 Å². The van der Waals surface area contributed by atoms with Crippen LogP contribution in [0.4, 0.5) is 4.39 Å². The average Bonchev–Trinajstić information content (AvgIpc) is 3.38. The van der Waals surface area contributed by atoms with Crippen LogP contribution in [0.25, 0.3) is 16.8 Å². The van der Waals surface area contributed by atoms with E-state index >= 15 is 0 Å². The Morgan fingerprint density at radius 1 is 0.971 bits per heavy atom. The first-order chi connectivity index (χ1) is 16.7. The standard InChI is InChI=1S/C27H27FN4O2/c28-19-10-12-20(13-11-19)32-23-8-3-1-2-6-21(23)25(30-32)27(33)31-16-14-18(15-17-31)26-29-22-7-4-5-9-24(22)34-26/h4-5,7,9-13,18H,1-3,6,8,14-17H2. The summed E-state index contributed by atoms with van der Waals surface area (Å²) in [6, 6.07) is 14.2. The Morgan fingerprint density at radius 2 is 1.74 bits per heavy atom. The van der Waals surface area contributed by atoms with Gasteiger partial charge in [0, 0.05) is 30.3 Å². The van der Waals surface area contributed by atoms with Gasteiger partial charge in [0.1, 0.15) is 11.3 Å². The molecule has 7 heteroatoms. The van der Waals surface area contributed by atoms with Crippen molar-refractivity contribution in [3.63, 3.8) is 0 Å². The van der Waals surface area contributed by atoms with Gasteiger partial charge in [-0.25, -0.2) is 14.1 Å². The molecule has 174 valence electrons. The Bertz CT molecular complexity index is 1300. The van der Waals surface area contributed by atoms with Crippen molar-refractivity contribution in [3.8, 4) is 5.69 Å². The minimum absolute atomic E-state index is 0.00460. The fraction of sp³-hybridized carbons (Fsp3) is 0.370. The fourth-order valence-corrected chi connectivity index (χ4v) is 5.29. The van der Waals surface area contributed by atoms with E-state index in [9.17, 15) is 9.18 Å². The van der Waals surface area contributed by atoms with E-state index < -0.39 is 0 Å². The largest absolute Gasteiger partial charge is 0.440 e. The number of benzene rings is 2. The second-order valence-corrected chi connectivity index (χ2v) is 9.31. The number of aromatic nitrogens is 3. The Kier molecular flexibility index (Phi) is 5.40. The molecular formula is C27H27FN4O2. The summed E-state index contributed by atoms with van der Waals surface area (Å²) in [6.45, 7) is 1.31. The zero-order valence-electron chi connectivity index (χ0n) is 19.0. The number of piperidine rings is 1. The number of oxazole rings is 1. The summed E-state index contributed by atoms with van der Waals surface area (Å²) in [7, 11) is 0. The van der Waals surface area contributed by atoms with E-state index in [2.05, 4.69) is 4.98 Å². The van der Waals surface area contributed by atoms with Crippen LogP contribution in [-0.2, 0) is 12.8 Å². The lowest BCUT2D eigenvalue weighted by Crippen LogP contribution is -2.38. The van der Waals surface area contributed by atoms with Crippen LogP contribution >= 0.6 is 0 Å². The van der Waals surface area contributed by atoms with Gasteiger partial charge in [-0.1, -0.05) is 18.6 Å². The fourth-order valence-electron chi connectivity index (χ4n) is 5.29. The van der Waals surface area contributed by atoms with Crippen LogP contribution in [0.2, 0.25) is 0 Å². The molecule has 1 aliphatic heterocycles. The molecule has 4 aromatic rings. The minimum Gasteiger partial charge on any atom is -0.440 e.